The van der Waals surface area contributed by atoms with Gasteiger partial charge in [0.1, 0.15) is 0 Å². The van der Waals surface area contributed by atoms with Crippen LogP contribution in [0.15, 0.2) is 231 Å². The Morgan fingerprint density at radius 2 is 0.758 bits per heavy atom. The third-order valence-corrected chi connectivity index (χ3v) is 14.1. The fourth-order valence-electron chi connectivity index (χ4n) is 9.72. The molecule has 0 atom stereocenters. The molecule has 0 aliphatic carbocycles. The third kappa shape index (κ3) is 6.40. The van der Waals surface area contributed by atoms with Crippen molar-refractivity contribution in [2.24, 2.45) is 0 Å². The normalized spacial score (nSPS) is 11.6. The van der Waals surface area contributed by atoms with Crippen molar-refractivity contribution in [3.63, 3.8) is 0 Å². The Hall–Kier alpha value is -8.51. The molecule has 13 aromatic rings. The summed E-state index contributed by atoms with van der Waals surface area (Å²) < 4.78 is 4.84. The molecule has 0 spiro atoms. The van der Waals surface area contributed by atoms with Gasteiger partial charge in [-0.3, -0.25) is 4.57 Å². The molecule has 0 aliphatic rings. The highest BCUT2D eigenvalue weighted by molar-refractivity contribution is 7.26. The monoisotopic (exact) mass is 858 g/mol. The maximum Gasteiger partial charge on any atom is 0.238 e. The largest absolute Gasteiger partial charge is 0.278 e. The second-order valence-corrected chi connectivity index (χ2v) is 17.8. The van der Waals surface area contributed by atoms with Crippen molar-refractivity contribution >= 4 is 64.1 Å². The van der Waals surface area contributed by atoms with Crippen LogP contribution < -0.4 is 0 Å². The average molecular weight is 859 g/mol. The molecule has 66 heavy (non-hydrogen) atoms. The van der Waals surface area contributed by atoms with Gasteiger partial charge in [0, 0.05) is 47.6 Å². The SMILES string of the molecule is c1ccc(-c2ccc(-c3nc(-c4ccc(-c5ccccc5)cc4)nc(-n4c5ccccc5c5cc(-c6cccc7c(-c8cccc9c8sc8ccccc89)cccc67)ccc54)n3)cc2)cc1. The number of rotatable bonds is 7. The second-order valence-electron chi connectivity index (χ2n) is 16.7. The van der Waals surface area contributed by atoms with Crippen LogP contribution in [0.4, 0.5) is 0 Å². The van der Waals surface area contributed by atoms with Crippen molar-refractivity contribution in [2.45, 2.75) is 0 Å². The summed E-state index contributed by atoms with van der Waals surface area (Å²) in [4.78, 5) is 15.7. The van der Waals surface area contributed by atoms with Gasteiger partial charge in [-0.1, -0.05) is 206 Å². The number of aromatic nitrogens is 4. The summed E-state index contributed by atoms with van der Waals surface area (Å²) in [6.45, 7) is 0. The van der Waals surface area contributed by atoms with Crippen LogP contribution in [0.5, 0.6) is 0 Å². The molecule has 5 heteroatoms. The Balaban J connectivity index is 0.960. The van der Waals surface area contributed by atoms with Gasteiger partial charge in [0.05, 0.1) is 11.0 Å². The van der Waals surface area contributed by atoms with Gasteiger partial charge in [0.2, 0.25) is 5.95 Å². The van der Waals surface area contributed by atoms with E-state index in [-0.39, 0.29) is 0 Å². The summed E-state index contributed by atoms with van der Waals surface area (Å²) in [7, 11) is 0. The molecule has 0 N–H and O–H groups in total. The van der Waals surface area contributed by atoms with Crippen LogP contribution in [0.2, 0.25) is 0 Å². The fourth-order valence-corrected chi connectivity index (χ4v) is 10.9. The molecule has 0 saturated heterocycles. The van der Waals surface area contributed by atoms with E-state index < -0.39 is 0 Å². The minimum absolute atomic E-state index is 0.568. The summed E-state index contributed by atoms with van der Waals surface area (Å²) >= 11 is 1.88. The zero-order valence-electron chi connectivity index (χ0n) is 35.6. The Morgan fingerprint density at radius 3 is 1.42 bits per heavy atom. The number of para-hydroxylation sites is 1. The predicted octanol–water partition coefficient (Wildman–Crippen LogP) is 16.5. The fraction of sp³-hybridized carbons (Fsp3) is 0. The molecular weight excluding hydrogens is 821 g/mol. The lowest BCUT2D eigenvalue weighted by Gasteiger charge is -2.13. The van der Waals surface area contributed by atoms with E-state index in [0.717, 1.165) is 60.8 Å². The zero-order valence-corrected chi connectivity index (χ0v) is 36.5. The first-order valence-electron chi connectivity index (χ1n) is 22.3. The third-order valence-electron chi connectivity index (χ3n) is 12.9. The van der Waals surface area contributed by atoms with E-state index in [1.165, 1.54) is 47.6 Å². The zero-order chi connectivity index (χ0) is 43.6. The molecule has 0 amide bonds. The van der Waals surface area contributed by atoms with Gasteiger partial charge in [-0.25, -0.2) is 4.98 Å². The molecule has 0 saturated carbocycles. The highest BCUT2D eigenvalue weighted by Crippen LogP contribution is 2.44. The highest BCUT2D eigenvalue weighted by atomic mass is 32.1. The summed E-state index contributed by atoms with van der Waals surface area (Å²) in [5.74, 6) is 1.79. The topological polar surface area (TPSA) is 43.6 Å². The number of hydrogen-bond donors (Lipinski definition) is 0. The second kappa shape index (κ2) is 15.6. The van der Waals surface area contributed by atoms with E-state index in [2.05, 4.69) is 223 Å². The Labute approximate surface area is 385 Å². The molecule has 13 rings (SSSR count). The lowest BCUT2D eigenvalue weighted by atomic mass is 9.92. The van der Waals surface area contributed by atoms with E-state index >= 15 is 0 Å². The first kappa shape index (κ1) is 38.0. The van der Waals surface area contributed by atoms with Gasteiger partial charge < -0.3 is 0 Å². The molecule has 0 radical (unpaired) electrons. The highest BCUT2D eigenvalue weighted by Gasteiger charge is 2.20. The van der Waals surface area contributed by atoms with Crippen LogP contribution in [-0.4, -0.2) is 19.5 Å². The minimum atomic E-state index is 0.568. The van der Waals surface area contributed by atoms with E-state index in [0.29, 0.717) is 17.6 Å². The predicted molar refractivity (Wildman–Crippen MR) is 277 cm³/mol. The van der Waals surface area contributed by atoms with Crippen molar-refractivity contribution in [3.05, 3.63) is 231 Å². The molecule has 4 nitrogen and oxygen atoms in total. The van der Waals surface area contributed by atoms with Gasteiger partial charge >= 0.3 is 0 Å². The van der Waals surface area contributed by atoms with Crippen molar-refractivity contribution in [1.82, 2.24) is 19.5 Å². The minimum Gasteiger partial charge on any atom is -0.278 e. The first-order chi connectivity index (χ1) is 32.7. The van der Waals surface area contributed by atoms with Gasteiger partial charge in [-0.2, -0.15) is 9.97 Å². The lowest BCUT2D eigenvalue weighted by Crippen LogP contribution is -2.06. The number of nitrogens with zero attached hydrogens (tertiary/aromatic N) is 4. The van der Waals surface area contributed by atoms with E-state index in [1.807, 2.05) is 23.5 Å². The van der Waals surface area contributed by atoms with Crippen molar-refractivity contribution < 1.29 is 0 Å². The van der Waals surface area contributed by atoms with E-state index in [9.17, 15) is 0 Å². The molecule has 3 aromatic heterocycles. The molecular formula is C61H38N4S. The van der Waals surface area contributed by atoms with Crippen LogP contribution in [-0.2, 0) is 0 Å². The molecule has 3 heterocycles. The molecule has 0 bridgehead atoms. The van der Waals surface area contributed by atoms with Crippen LogP contribution >= 0.6 is 11.3 Å². The number of fused-ring (bicyclic) bond motifs is 7. The van der Waals surface area contributed by atoms with E-state index in [4.69, 9.17) is 15.0 Å². The van der Waals surface area contributed by atoms with Crippen LogP contribution in [0.1, 0.15) is 0 Å². The summed E-state index contributed by atoms with van der Waals surface area (Å²) in [6.07, 6.45) is 0. The molecule has 10 aromatic carbocycles. The smallest absolute Gasteiger partial charge is 0.238 e. The van der Waals surface area contributed by atoms with Gasteiger partial charge in [0.25, 0.3) is 0 Å². The molecule has 0 aliphatic heterocycles. The molecule has 308 valence electrons. The van der Waals surface area contributed by atoms with Crippen LogP contribution in [0, 0.1) is 0 Å². The Kier molecular flexibility index (Phi) is 9.00. The molecule has 0 fully saturated rings. The maximum absolute atomic E-state index is 5.28. The lowest BCUT2D eigenvalue weighted by molar-refractivity contribution is 0.953. The van der Waals surface area contributed by atoms with Crippen molar-refractivity contribution in [3.8, 4) is 73.2 Å². The standard InChI is InChI=1S/C61H38N4S/c1-3-14-39(15-4-1)41-28-32-43(33-29-41)59-62-60(44-34-30-42(31-35-44)40-16-5-2-6-17-40)64-61(63-59)65-55-26-9-7-18-50(55)54-38-45(36-37-56(54)65)46-20-11-22-48-47(46)21-12-23-49(48)52-24-13-25-53-51-19-8-10-27-57(51)66-58(52)53/h1-38H. The Morgan fingerprint density at radius 1 is 0.288 bits per heavy atom. The van der Waals surface area contributed by atoms with Gasteiger partial charge in [-0.05, 0) is 74.0 Å². The van der Waals surface area contributed by atoms with Crippen LogP contribution in [0.25, 0.3) is 126 Å². The summed E-state index contributed by atoms with van der Waals surface area (Å²) in [5.41, 5.74) is 13.4. The number of thiophene rings is 1. The Bertz CT molecular complexity index is 3860. The number of benzene rings is 10. The first-order valence-corrected chi connectivity index (χ1v) is 23.1. The summed E-state index contributed by atoms with van der Waals surface area (Å²) in [5, 5.41) is 7.35. The van der Waals surface area contributed by atoms with Crippen molar-refractivity contribution in [2.75, 3.05) is 0 Å². The van der Waals surface area contributed by atoms with E-state index in [1.54, 1.807) is 0 Å². The van der Waals surface area contributed by atoms with Crippen LogP contribution in [0.3, 0.4) is 0 Å². The van der Waals surface area contributed by atoms with Gasteiger partial charge in [-0.15, -0.1) is 11.3 Å². The number of hydrogen-bond acceptors (Lipinski definition) is 4. The summed E-state index contributed by atoms with van der Waals surface area (Å²) in [6, 6.07) is 82.2. The van der Waals surface area contributed by atoms with Gasteiger partial charge in [0.15, 0.2) is 11.6 Å². The molecule has 0 unspecified atom stereocenters. The average Bonchev–Trinajstić information content (AvgIpc) is 3.95. The maximum atomic E-state index is 5.28. The quantitative estimate of drug-likeness (QED) is 0.160. The van der Waals surface area contributed by atoms with Crippen molar-refractivity contribution in [1.29, 1.82) is 0 Å².